The normalized spacial score (nSPS) is 16.4. The topological polar surface area (TPSA) is 83.7 Å². The van der Waals surface area contributed by atoms with Gasteiger partial charge in [-0.15, -0.1) is 17.9 Å². The Morgan fingerprint density at radius 1 is 1.25 bits per heavy atom. The van der Waals surface area contributed by atoms with Gasteiger partial charge in [-0.2, -0.15) is 4.31 Å². The lowest BCUT2D eigenvalue weighted by Gasteiger charge is -2.33. The SMILES string of the molecule is C=CCS(=O)(=O)N1CCN(C(=O)c2c(N)sc3ccccc23)CC1. The first-order valence-electron chi connectivity index (χ1n) is 7.59. The van der Waals surface area contributed by atoms with Gasteiger partial charge in [0.15, 0.2) is 0 Å². The Kier molecular flexibility index (Phi) is 4.62. The highest BCUT2D eigenvalue weighted by atomic mass is 32.2. The summed E-state index contributed by atoms with van der Waals surface area (Å²) >= 11 is 1.40. The van der Waals surface area contributed by atoms with E-state index in [9.17, 15) is 13.2 Å². The maximum Gasteiger partial charge on any atom is 0.257 e. The van der Waals surface area contributed by atoms with Crippen molar-refractivity contribution in [2.24, 2.45) is 0 Å². The highest BCUT2D eigenvalue weighted by molar-refractivity contribution is 7.89. The van der Waals surface area contributed by atoms with Gasteiger partial charge in [0.2, 0.25) is 10.0 Å². The first-order chi connectivity index (χ1) is 11.4. The quantitative estimate of drug-likeness (QED) is 0.837. The van der Waals surface area contributed by atoms with Crippen LogP contribution in [0.2, 0.25) is 0 Å². The molecule has 2 aromatic rings. The molecule has 6 nitrogen and oxygen atoms in total. The first kappa shape index (κ1) is 16.9. The molecule has 0 aliphatic carbocycles. The fourth-order valence-electron chi connectivity index (χ4n) is 2.87. The number of hydrogen-bond donors (Lipinski definition) is 1. The van der Waals surface area contributed by atoms with Gasteiger partial charge in [0.25, 0.3) is 5.91 Å². The van der Waals surface area contributed by atoms with Crippen LogP contribution >= 0.6 is 11.3 Å². The standard InChI is InChI=1S/C16H19N3O3S2/c1-2-11-24(21,22)19-9-7-18(8-10-19)16(20)14-12-5-3-4-6-13(12)23-15(14)17/h2-6H,1,7-11,17H2. The number of benzene rings is 1. The van der Waals surface area contributed by atoms with Crippen molar-refractivity contribution in [3.8, 4) is 0 Å². The van der Waals surface area contributed by atoms with Crippen LogP contribution in [0.3, 0.4) is 0 Å². The molecule has 0 radical (unpaired) electrons. The van der Waals surface area contributed by atoms with Gasteiger partial charge in [-0.05, 0) is 6.07 Å². The van der Waals surface area contributed by atoms with Crippen LogP contribution in [0.15, 0.2) is 36.9 Å². The van der Waals surface area contributed by atoms with Gasteiger partial charge >= 0.3 is 0 Å². The van der Waals surface area contributed by atoms with E-state index in [1.807, 2.05) is 24.3 Å². The number of rotatable bonds is 4. The third kappa shape index (κ3) is 3.04. The summed E-state index contributed by atoms with van der Waals surface area (Å²) in [4.78, 5) is 14.5. The number of thiophene rings is 1. The number of nitrogen functional groups attached to an aromatic ring is 1. The van der Waals surface area contributed by atoms with Crippen molar-refractivity contribution in [3.63, 3.8) is 0 Å². The average Bonchev–Trinajstić information content (AvgIpc) is 2.90. The van der Waals surface area contributed by atoms with Crippen molar-refractivity contribution in [3.05, 3.63) is 42.5 Å². The summed E-state index contributed by atoms with van der Waals surface area (Å²) in [6, 6.07) is 7.62. The zero-order valence-electron chi connectivity index (χ0n) is 13.1. The number of fused-ring (bicyclic) bond motifs is 1. The van der Waals surface area contributed by atoms with Crippen LogP contribution in [0.1, 0.15) is 10.4 Å². The van der Waals surface area contributed by atoms with E-state index in [1.54, 1.807) is 4.90 Å². The Labute approximate surface area is 145 Å². The zero-order chi connectivity index (χ0) is 17.3. The molecular formula is C16H19N3O3S2. The lowest BCUT2D eigenvalue weighted by atomic mass is 10.1. The van der Waals surface area contributed by atoms with E-state index in [1.165, 1.54) is 21.7 Å². The number of amides is 1. The third-order valence-electron chi connectivity index (χ3n) is 4.08. The van der Waals surface area contributed by atoms with Crippen molar-refractivity contribution in [1.82, 2.24) is 9.21 Å². The lowest BCUT2D eigenvalue weighted by Crippen LogP contribution is -2.51. The highest BCUT2D eigenvalue weighted by Crippen LogP contribution is 2.34. The first-order valence-corrected chi connectivity index (χ1v) is 10.0. The van der Waals surface area contributed by atoms with Crippen molar-refractivity contribution in [2.75, 3.05) is 37.7 Å². The average molecular weight is 365 g/mol. The molecule has 0 atom stereocenters. The number of hydrogen-bond acceptors (Lipinski definition) is 5. The number of piperazine rings is 1. The molecule has 24 heavy (non-hydrogen) atoms. The monoisotopic (exact) mass is 365 g/mol. The minimum atomic E-state index is -3.32. The molecule has 0 saturated carbocycles. The van der Waals surface area contributed by atoms with Crippen LogP contribution in [0.4, 0.5) is 5.00 Å². The molecule has 0 unspecified atom stereocenters. The lowest BCUT2D eigenvalue weighted by molar-refractivity contribution is 0.0701. The molecule has 2 N–H and O–H groups in total. The summed E-state index contributed by atoms with van der Waals surface area (Å²) in [5.41, 5.74) is 6.58. The summed E-state index contributed by atoms with van der Waals surface area (Å²) in [5, 5.41) is 1.36. The molecule has 1 amide bonds. The molecule has 0 spiro atoms. The second-order valence-electron chi connectivity index (χ2n) is 5.60. The molecular weight excluding hydrogens is 346 g/mol. The van der Waals surface area contributed by atoms with E-state index in [2.05, 4.69) is 6.58 Å². The van der Waals surface area contributed by atoms with E-state index in [-0.39, 0.29) is 11.7 Å². The molecule has 0 bridgehead atoms. The minimum absolute atomic E-state index is 0.0803. The summed E-state index contributed by atoms with van der Waals surface area (Å²) in [6.07, 6.45) is 1.38. The number of nitrogens with zero attached hydrogens (tertiary/aromatic N) is 2. The minimum Gasteiger partial charge on any atom is -0.390 e. The molecule has 3 rings (SSSR count). The molecule has 1 saturated heterocycles. The van der Waals surface area contributed by atoms with Crippen LogP contribution in [0.5, 0.6) is 0 Å². The van der Waals surface area contributed by atoms with Crippen LogP contribution in [0, 0.1) is 0 Å². The number of sulfonamides is 1. The molecule has 1 fully saturated rings. The molecule has 1 aliphatic heterocycles. The Morgan fingerprint density at radius 3 is 2.58 bits per heavy atom. The maximum absolute atomic E-state index is 12.8. The Bertz CT molecular complexity index is 881. The van der Waals surface area contributed by atoms with E-state index in [0.717, 1.165) is 10.1 Å². The van der Waals surface area contributed by atoms with Crippen LogP contribution in [-0.2, 0) is 10.0 Å². The molecule has 1 aromatic heterocycles. The van der Waals surface area contributed by atoms with Crippen molar-refractivity contribution >= 4 is 42.4 Å². The maximum atomic E-state index is 12.8. The summed E-state index contributed by atoms with van der Waals surface area (Å²) in [5.74, 6) is -0.214. The molecule has 2 heterocycles. The van der Waals surface area contributed by atoms with Crippen LogP contribution in [-0.4, -0.2) is 55.5 Å². The second kappa shape index (κ2) is 6.54. The van der Waals surface area contributed by atoms with Crippen LogP contribution in [0.25, 0.3) is 10.1 Å². The van der Waals surface area contributed by atoms with E-state index in [4.69, 9.17) is 5.73 Å². The largest absolute Gasteiger partial charge is 0.390 e. The predicted octanol–water partition coefficient (Wildman–Crippen LogP) is 1.76. The Balaban J connectivity index is 1.78. The highest BCUT2D eigenvalue weighted by Gasteiger charge is 2.30. The Morgan fingerprint density at radius 2 is 1.92 bits per heavy atom. The second-order valence-corrected chi connectivity index (χ2v) is 8.69. The van der Waals surface area contributed by atoms with Crippen molar-refractivity contribution < 1.29 is 13.2 Å². The number of carbonyl (C=O) groups is 1. The van der Waals surface area contributed by atoms with Gasteiger partial charge in [0.1, 0.15) is 0 Å². The van der Waals surface area contributed by atoms with E-state index >= 15 is 0 Å². The molecule has 128 valence electrons. The van der Waals surface area contributed by atoms with Gasteiger partial charge < -0.3 is 10.6 Å². The summed E-state index contributed by atoms with van der Waals surface area (Å²) in [6.45, 7) is 4.78. The summed E-state index contributed by atoms with van der Waals surface area (Å²) in [7, 11) is -3.32. The molecule has 1 aliphatic rings. The molecule has 1 aromatic carbocycles. The van der Waals surface area contributed by atoms with E-state index < -0.39 is 10.0 Å². The fourth-order valence-corrected chi connectivity index (χ4v) is 5.06. The smallest absolute Gasteiger partial charge is 0.257 e. The number of anilines is 1. The van der Waals surface area contributed by atoms with Crippen LogP contribution < -0.4 is 5.73 Å². The number of nitrogens with two attached hydrogens (primary N) is 1. The van der Waals surface area contributed by atoms with Crippen molar-refractivity contribution in [2.45, 2.75) is 0 Å². The van der Waals surface area contributed by atoms with Crippen molar-refractivity contribution in [1.29, 1.82) is 0 Å². The third-order valence-corrected chi connectivity index (χ3v) is 6.89. The number of carbonyl (C=O) groups excluding carboxylic acids is 1. The van der Waals surface area contributed by atoms with Gasteiger partial charge in [0.05, 0.1) is 16.3 Å². The predicted molar refractivity (Wildman–Crippen MR) is 97.7 cm³/mol. The zero-order valence-corrected chi connectivity index (χ0v) is 14.8. The Hall–Kier alpha value is -1.90. The van der Waals surface area contributed by atoms with Gasteiger partial charge in [0, 0.05) is 36.3 Å². The molecule has 8 heteroatoms. The van der Waals surface area contributed by atoms with Gasteiger partial charge in [-0.1, -0.05) is 24.3 Å². The fraction of sp³-hybridized carbons (Fsp3) is 0.312. The summed E-state index contributed by atoms with van der Waals surface area (Å²) < 4.78 is 26.5. The van der Waals surface area contributed by atoms with E-state index in [0.29, 0.717) is 36.7 Å². The van der Waals surface area contributed by atoms with Gasteiger partial charge in [-0.3, -0.25) is 4.79 Å². The van der Waals surface area contributed by atoms with Gasteiger partial charge in [-0.25, -0.2) is 8.42 Å².